The highest BCUT2D eigenvalue weighted by atomic mass is 16.7. The van der Waals surface area contributed by atoms with Crippen molar-refractivity contribution in [1.82, 2.24) is 29.8 Å². The summed E-state index contributed by atoms with van der Waals surface area (Å²) in [5.41, 5.74) is 3.14. The second-order valence-corrected chi connectivity index (χ2v) is 6.72. The highest BCUT2D eigenvalue weighted by Crippen LogP contribution is 2.34. The van der Waals surface area contributed by atoms with E-state index in [-0.39, 0.29) is 5.92 Å². The first-order valence-electron chi connectivity index (χ1n) is 9.03. The predicted octanol–water partition coefficient (Wildman–Crippen LogP) is 2.92. The van der Waals surface area contributed by atoms with Crippen LogP contribution in [0.3, 0.4) is 0 Å². The van der Waals surface area contributed by atoms with Gasteiger partial charge in [0.1, 0.15) is 12.2 Å². The molecular weight excluding hydrogens is 356 g/mol. The van der Waals surface area contributed by atoms with Gasteiger partial charge in [-0.15, -0.1) is 5.10 Å². The monoisotopic (exact) mass is 374 g/mol. The van der Waals surface area contributed by atoms with Crippen molar-refractivity contribution in [2.75, 3.05) is 6.79 Å². The SMILES string of the molecule is C[C@H](Cc1ccc2c(c1)OCO2)c1nccn1-c1ccc(-n2cnnn2)cc1. The molecule has 4 aromatic rings. The Kier molecular flexibility index (Phi) is 4.01. The maximum Gasteiger partial charge on any atom is 0.231 e. The smallest absolute Gasteiger partial charge is 0.231 e. The molecule has 5 rings (SSSR count). The highest BCUT2D eigenvalue weighted by Gasteiger charge is 2.17. The fraction of sp³-hybridized carbons (Fsp3) is 0.200. The molecule has 0 saturated carbocycles. The van der Waals surface area contributed by atoms with Gasteiger partial charge in [-0.2, -0.15) is 0 Å². The number of fused-ring (bicyclic) bond motifs is 1. The molecular formula is C20H18N6O2. The summed E-state index contributed by atoms with van der Waals surface area (Å²) in [4.78, 5) is 4.60. The van der Waals surface area contributed by atoms with Gasteiger partial charge in [0, 0.05) is 24.0 Å². The Labute approximate surface area is 161 Å². The Morgan fingerprint density at radius 2 is 1.86 bits per heavy atom. The van der Waals surface area contributed by atoms with Crippen LogP contribution in [0.2, 0.25) is 0 Å². The van der Waals surface area contributed by atoms with Gasteiger partial charge in [-0.25, -0.2) is 9.67 Å². The van der Waals surface area contributed by atoms with Crippen LogP contribution in [0.4, 0.5) is 0 Å². The van der Waals surface area contributed by atoms with Crippen LogP contribution in [0, 0.1) is 0 Å². The van der Waals surface area contributed by atoms with E-state index in [1.165, 1.54) is 5.56 Å². The quantitative estimate of drug-likeness (QED) is 0.534. The third-order valence-electron chi connectivity index (χ3n) is 4.83. The van der Waals surface area contributed by atoms with E-state index in [1.807, 2.05) is 48.8 Å². The first-order valence-corrected chi connectivity index (χ1v) is 9.03. The number of imidazole rings is 1. The lowest BCUT2D eigenvalue weighted by Gasteiger charge is -2.15. The summed E-state index contributed by atoms with van der Waals surface area (Å²) in [6, 6.07) is 14.1. The Bertz CT molecular complexity index is 1090. The first-order chi connectivity index (χ1) is 13.8. The maximum absolute atomic E-state index is 5.49. The zero-order valence-electron chi connectivity index (χ0n) is 15.3. The molecule has 0 N–H and O–H groups in total. The molecule has 2 aromatic carbocycles. The minimum atomic E-state index is 0.231. The number of aromatic nitrogens is 6. The van der Waals surface area contributed by atoms with Crippen molar-refractivity contribution in [1.29, 1.82) is 0 Å². The van der Waals surface area contributed by atoms with Crippen molar-refractivity contribution in [3.05, 3.63) is 72.6 Å². The van der Waals surface area contributed by atoms with Crippen LogP contribution in [0.15, 0.2) is 61.2 Å². The van der Waals surface area contributed by atoms with E-state index in [9.17, 15) is 0 Å². The van der Waals surface area contributed by atoms with E-state index in [2.05, 4.69) is 38.1 Å². The lowest BCUT2D eigenvalue weighted by atomic mass is 10.00. The Hall–Kier alpha value is -3.68. The molecule has 28 heavy (non-hydrogen) atoms. The van der Waals surface area contributed by atoms with Crippen LogP contribution in [-0.4, -0.2) is 36.6 Å². The largest absolute Gasteiger partial charge is 0.454 e. The lowest BCUT2D eigenvalue weighted by Crippen LogP contribution is -2.07. The summed E-state index contributed by atoms with van der Waals surface area (Å²) >= 11 is 0. The molecule has 0 saturated heterocycles. The normalized spacial score (nSPS) is 13.6. The van der Waals surface area contributed by atoms with E-state index in [4.69, 9.17) is 9.47 Å². The molecule has 1 aliphatic rings. The zero-order chi connectivity index (χ0) is 18.9. The van der Waals surface area contributed by atoms with Crippen LogP contribution < -0.4 is 9.47 Å². The highest BCUT2D eigenvalue weighted by molar-refractivity contribution is 5.45. The number of hydrogen-bond acceptors (Lipinski definition) is 6. The summed E-state index contributed by atoms with van der Waals surface area (Å²) in [7, 11) is 0. The minimum Gasteiger partial charge on any atom is -0.454 e. The second kappa shape index (κ2) is 6.80. The molecule has 1 atom stereocenters. The summed E-state index contributed by atoms with van der Waals surface area (Å²) in [6.07, 6.45) is 6.25. The molecule has 8 heteroatoms. The van der Waals surface area contributed by atoms with Crippen molar-refractivity contribution in [2.45, 2.75) is 19.3 Å². The number of tetrazole rings is 1. The molecule has 0 unspecified atom stereocenters. The molecule has 0 bridgehead atoms. The predicted molar refractivity (Wildman–Crippen MR) is 101 cm³/mol. The molecule has 3 heterocycles. The second-order valence-electron chi connectivity index (χ2n) is 6.72. The van der Waals surface area contributed by atoms with Crippen molar-refractivity contribution in [3.63, 3.8) is 0 Å². The molecule has 140 valence electrons. The Morgan fingerprint density at radius 3 is 2.68 bits per heavy atom. The van der Waals surface area contributed by atoms with E-state index in [0.717, 1.165) is 35.1 Å². The summed E-state index contributed by atoms with van der Waals surface area (Å²) in [6.45, 7) is 2.47. The number of rotatable bonds is 5. The van der Waals surface area contributed by atoms with Crippen LogP contribution >= 0.6 is 0 Å². The van der Waals surface area contributed by atoms with E-state index in [1.54, 1.807) is 11.0 Å². The standard InChI is InChI=1S/C20H18N6O2/c1-14(10-15-2-7-18-19(11-15)28-13-27-18)20-21-8-9-25(20)16-3-5-17(6-4-16)26-12-22-23-24-26/h2-9,11-12,14H,10,13H2,1H3/t14-/m1/s1. The summed E-state index contributed by atoms with van der Waals surface area (Å²) in [5.74, 6) is 2.86. The third kappa shape index (κ3) is 2.98. The molecule has 1 aliphatic heterocycles. The Balaban J connectivity index is 1.38. The molecule has 2 aromatic heterocycles. The molecule has 8 nitrogen and oxygen atoms in total. The minimum absolute atomic E-state index is 0.231. The van der Waals surface area contributed by atoms with Gasteiger partial charge in [0.15, 0.2) is 11.5 Å². The van der Waals surface area contributed by atoms with Gasteiger partial charge in [0.25, 0.3) is 0 Å². The van der Waals surface area contributed by atoms with Crippen LogP contribution in [0.1, 0.15) is 24.2 Å². The van der Waals surface area contributed by atoms with Crippen LogP contribution in [0.5, 0.6) is 11.5 Å². The summed E-state index contributed by atoms with van der Waals surface area (Å²) < 4.78 is 14.6. The third-order valence-corrected chi connectivity index (χ3v) is 4.83. The molecule has 0 amide bonds. The average Bonchev–Trinajstić information content (AvgIpc) is 3.48. The van der Waals surface area contributed by atoms with Crippen molar-refractivity contribution < 1.29 is 9.47 Å². The van der Waals surface area contributed by atoms with Gasteiger partial charge in [0.05, 0.1) is 5.69 Å². The maximum atomic E-state index is 5.49. The fourth-order valence-corrected chi connectivity index (χ4v) is 3.46. The van der Waals surface area contributed by atoms with Crippen molar-refractivity contribution in [3.8, 4) is 22.9 Å². The van der Waals surface area contributed by atoms with Crippen LogP contribution in [-0.2, 0) is 6.42 Å². The average molecular weight is 374 g/mol. The molecule has 0 radical (unpaired) electrons. The number of hydrogen-bond donors (Lipinski definition) is 0. The molecule has 0 fully saturated rings. The summed E-state index contributed by atoms with van der Waals surface area (Å²) in [5, 5.41) is 11.3. The van der Waals surface area contributed by atoms with Gasteiger partial charge < -0.3 is 14.0 Å². The Morgan fingerprint density at radius 1 is 1.04 bits per heavy atom. The lowest BCUT2D eigenvalue weighted by molar-refractivity contribution is 0.174. The van der Waals surface area contributed by atoms with E-state index >= 15 is 0 Å². The molecule has 0 spiro atoms. The van der Waals surface area contributed by atoms with Crippen LogP contribution in [0.25, 0.3) is 11.4 Å². The first kappa shape index (κ1) is 16.5. The zero-order valence-corrected chi connectivity index (χ0v) is 15.3. The van der Waals surface area contributed by atoms with Crippen molar-refractivity contribution in [2.24, 2.45) is 0 Å². The molecule has 0 aliphatic carbocycles. The van der Waals surface area contributed by atoms with Crippen molar-refractivity contribution >= 4 is 0 Å². The van der Waals surface area contributed by atoms with Gasteiger partial charge >= 0.3 is 0 Å². The van der Waals surface area contributed by atoms with Gasteiger partial charge in [-0.05, 0) is 58.8 Å². The van der Waals surface area contributed by atoms with Gasteiger partial charge in [-0.3, -0.25) is 0 Å². The topological polar surface area (TPSA) is 79.9 Å². The van der Waals surface area contributed by atoms with E-state index in [0.29, 0.717) is 6.79 Å². The van der Waals surface area contributed by atoms with Gasteiger partial charge in [-0.1, -0.05) is 13.0 Å². The number of nitrogens with zero attached hydrogens (tertiary/aromatic N) is 6. The van der Waals surface area contributed by atoms with E-state index < -0.39 is 0 Å². The fourth-order valence-electron chi connectivity index (χ4n) is 3.46. The van der Waals surface area contributed by atoms with Gasteiger partial charge in [0.2, 0.25) is 6.79 Å². The number of ether oxygens (including phenoxy) is 2. The number of benzene rings is 2.